The van der Waals surface area contributed by atoms with Crippen molar-refractivity contribution in [2.24, 2.45) is 5.92 Å². The number of carbonyl (C=O) groups is 2. The van der Waals surface area contributed by atoms with Crippen LogP contribution in [-0.4, -0.2) is 17.9 Å². The van der Waals surface area contributed by atoms with Gasteiger partial charge < -0.3 is 10.1 Å². The van der Waals surface area contributed by atoms with E-state index in [0.29, 0.717) is 21.2 Å². The van der Waals surface area contributed by atoms with Gasteiger partial charge in [-0.05, 0) is 36.6 Å². The smallest absolute Gasteiger partial charge is 0.329 e. The summed E-state index contributed by atoms with van der Waals surface area (Å²) in [5, 5.41) is 3.70. The van der Waals surface area contributed by atoms with E-state index in [4.69, 9.17) is 27.9 Å². The average molecular weight is 394 g/mol. The van der Waals surface area contributed by atoms with E-state index in [1.807, 2.05) is 32.9 Å². The lowest BCUT2D eigenvalue weighted by Crippen LogP contribution is -2.45. The first-order chi connectivity index (χ1) is 12.3. The Morgan fingerprint density at radius 1 is 1.12 bits per heavy atom. The van der Waals surface area contributed by atoms with Crippen LogP contribution < -0.4 is 5.32 Å². The Hall–Kier alpha value is -2.04. The Morgan fingerprint density at radius 3 is 2.42 bits per heavy atom. The molecule has 6 heteroatoms. The van der Waals surface area contributed by atoms with Gasteiger partial charge in [0.2, 0.25) is 0 Å². The lowest BCUT2D eigenvalue weighted by molar-refractivity contribution is -0.148. The second-order valence-corrected chi connectivity index (χ2v) is 7.20. The Bertz CT molecular complexity index is 805. The van der Waals surface area contributed by atoms with Crippen molar-refractivity contribution in [2.45, 2.75) is 33.4 Å². The van der Waals surface area contributed by atoms with E-state index in [0.717, 1.165) is 5.56 Å². The fourth-order valence-electron chi connectivity index (χ4n) is 2.42. The summed E-state index contributed by atoms with van der Waals surface area (Å²) in [6.07, 6.45) is 0. The van der Waals surface area contributed by atoms with Gasteiger partial charge in [0.15, 0.2) is 0 Å². The third-order valence-corrected chi connectivity index (χ3v) is 4.57. The van der Waals surface area contributed by atoms with Crippen LogP contribution >= 0.6 is 23.2 Å². The predicted molar refractivity (Wildman–Crippen MR) is 104 cm³/mol. The molecule has 26 heavy (non-hydrogen) atoms. The SMILES string of the molecule is Cc1ccccc1C(=O)N[C@H](C(=O)OCc1ccc(Cl)cc1Cl)C(C)C. The van der Waals surface area contributed by atoms with E-state index < -0.39 is 12.0 Å². The highest BCUT2D eigenvalue weighted by Crippen LogP contribution is 2.22. The molecule has 2 aromatic rings. The number of hydrogen-bond donors (Lipinski definition) is 1. The van der Waals surface area contributed by atoms with Crippen LogP contribution in [0.3, 0.4) is 0 Å². The fourth-order valence-corrected chi connectivity index (χ4v) is 2.88. The van der Waals surface area contributed by atoms with Gasteiger partial charge in [0, 0.05) is 21.2 Å². The standard InChI is InChI=1S/C20H21Cl2NO3/c1-12(2)18(23-19(24)16-7-5-4-6-13(16)3)20(25)26-11-14-8-9-15(21)10-17(14)22/h4-10,12,18H,11H2,1-3H3,(H,23,24)/t18-/m0/s1. The van der Waals surface area contributed by atoms with E-state index in [2.05, 4.69) is 5.32 Å². The number of esters is 1. The number of halogens is 2. The first-order valence-corrected chi connectivity index (χ1v) is 9.02. The molecule has 0 heterocycles. The highest BCUT2D eigenvalue weighted by atomic mass is 35.5. The minimum absolute atomic E-state index is 0.0122. The van der Waals surface area contributed by atoms with Crippen LogP contribution in [0.15, 0.2) is 42.5 Å². The van der Waals surface area contributed by atoms with E-state index in [9.17, 15) is 9.59 Å². The van der Waals surface area contributed by atoms with Crippen LogP contribution in [-0.2, 0) is 16.1 Å². The molecule has 0 fully saturated rings. The zero-order valence-corrected chi connectivity index (χ0v) is 16.4. The molecule has 0 aromatic heterocycles. The summed E-state index contributed by atoms with van der Waals surface area (Å²) < 4.78 is 5.36. The summed E-state index contributed by atoms with van der Waals surface area (Å²) in [5.41, 5.74) is 2.03. The summed E-state index contributed by atoms with van der Waals surface area (Å²) in [6.45, 7) is 5.55. The molecule has 0 aliphatic heterocycles. The van der Waals surface area contributed by atoms with Gasteiger partial charge in [-0.1, -0.05) is 61.3 Å². The number of nitrogens with one attached hydrogen (secondary N) is 1. The van der Waals surface area contributed by atoms with Crippen molar-refractivity contribution in [3.8, 4) is 0 Å². The van der Waals surface area contributed by atoms with Crippen LogP contribution in [0.2, 0.25) is 10.0 Å². The van der Waals surface area contributed by atoms with Crippen LogP contribution in [0.5, 0.6) is 0 Å². The molecule has 1 amide bonds. The highest BCUT2D eigenvalue weighted by Gasteiger charge is 2.26. The molecule has 0 unspecified atom stereocenters. The van der Waals surface area contributed by atoms with E-state index in [1.165, 1.54) is 0 Å². The molecule has 0 saturated heterocycles. The number of amides is 1. The van der Waals surface area contributed by atoms with Crippen molar-refractivity contribution in [3.63, 3.8) is 0 Å². The molecule has 0 radical (unpaired) electrons. The molecule has 2 rings (SSSR count). The lowest BCUT2D eigenvalue weighted by atomic mass is 10.0. The number of aryl methyl sites for hydroxylation is 1. The molecule has 1 N–H and O–H groups in total. The summed E-state index contributed by atoms with van der Waals surface area (Å²) in [7, 11) is 0. The topological polar surface area (TPSA) is 55.4 Å². The Balaban J connectivity index is 2.05. The molecule has 0 spiro atoms. The van der Waals surface area contributed by atoms with Gasteiger partial charge >= 0.3 is 5.97 Å². The first-order valence-electron chi connectivity index (χ1n) is 8.26. The summed E-state index contributed by atoms with van der Waals surface area (Å²) in [5.74, 6) is -0.938. The highest BCUT2D eigenvalue weighted by molar-refractivity contribution is 6.35. The summed E-state index contributed by atoms with van der Waals surface area (Å²) >= 11 is 12.0. The molecule has 4 nitrogen and oxygen atoms in total. The number of hydrogen-bond acceptors (Lipinski definition) is 3. The molecule has 0 saturated carbocycles. The molecule has 0 bridgehead atoms. The van der Waals surface area contributed by atoms with E-state index in [-0.39, 0.29) is 18.4 Å². The third kappa shape index (κ3) is 5.23. The normalized spacial score (nSPS) is 11.9. The number of benzene rings is 2. The fraction of sp³-hybridized carbons (Fsp3) is 0.300. The quantitative estimate of drug-likeness (QED) is 0.716. The molecule has 0 aliphatic carbocycles. The molecule has 138 valence electrons. The van der Waals surface area contributed by atoms with Gasteiger partial charge in [0.1, 0.15) is 12.6 Å². The van der Waals surface area contributed by atoms with Crippen molar-refractivity contribution in [1.29, 1.82) is 0 Å². The maximum atomic E-state index is 12.5. The van der Waals surface area contributed by atoms with Crippen molar-refractivity contribution in [2.75, 3.05) is 0 Å². The average Bonchev–Trinajstić information content (AvgIpc) is 2.58. The van der Waals surface area contributed by atoms with Crippen molar-refractivity contribution in [1.82, 2.24) is 5.32 Å². The van der Waals surface area contributed by atoms with Crippen molar-refractivity contribution >= 4 is 35.1 Å². The predicted octanol–water partition coefficient (Wildman–Crippen LogP) is 4.80. The van der Waals surface area contributed by atoms with Gasteiger partial charge in [-0.25, -0.2) is 4.79 Å². The third-order valence-electron chi connectivity index (χ3n) is 3.98. The van der Waals surface area contributed by atoms with Gasteiger partial charge in [-0.2, -0.15) is 0 Å². The minimum Gasteiger partial charge on any atom is -0.459 e. The summed E-state index contributed by atoms with van der Waals surface area (Å²) in [4.78, 5) is 25.0. The lowest BCUT2D eigenvalue weighted by Gasteiger charge is -2.21. The van der Waals surface area contributed by atoms with Gasteiger partial charge in [0.25, 0.3) is 5.91 Å². The molecular formula is C20H21Cl2NO3. The molecule has 0 aliphatic rings. The Labute approximate surface area is 163 Å². The van der Waals surface area contributed by atoms with Crippen molar-refractivity contribution < 1.29 is 14.3 Å². The number of ether oxygens (including phenoxy) is 1. The number of rotatable bonds is 6. The molecule has 2 aromatic carbocycles. The zero-order valence-electron chi connectivity index (χ0n) is 14.9. The van der Waals surface area contributed by atoms with E-state index >= 15 is 0 Å². The second kappa shape index (κ2) is 9.06. The van der Waals surface area contributed by atoms with Crippen LogP contribution in [0, 0.1) is 12.8 Å². The van der Waals surface area contributed by atoms with Crippen LogP contribution in [0.4, 0.5) is 0 Å². The first kappa shape index (κ1) is 20.3. The zero-order chi connectivity index (χ0) is 19.3. The molecular weight excluding hydrogens is 373 g/mol. The van der Waals surface area contributed by atoms with Crippen molar-refractivity contribution in [3.05, 3.63) is 69.2 Å². The maximum absolute atomic E-state index is 12.5. The van der Waals surface area contributed by atoms with Gasteiger partial charge in [-0.3, -0.25) is 4.79 Å². The van der Waals surface area contributed by atoms with E-state index in [1.54, 1.807) is 30.3 Å². The van der Waals surface area contributed by atoms with Crippen LogP contribution in [0.1, 0.15) is 35.3 Å². The Kier molecular flexibility index (Phi) is 7.06. The van der Waals surface area contributed by atoms with Crippen LogP contribution in [0.25, 0.3) is 0 Å². The summed E-state index contributed by atoms with van der Waals surface area (Å²) in [6, 6.07) is 11.4. The largest absolute Gasteiger partial charge is 0.459 e. The maximum Gasteiger partial charge on any atom is 0.329 e. The minimum atomic E-state index is -0.756. The second-order valence-electron chi connectivity index (χ2n) is 6.35. The molecule has 1 atom stereocenters. The Morgan fingerprint density at radius 2 is 1.81 bits per heavy atom. The number of carbonyl (C=O) groups excluding carboxylic acids is 2. The van der Waals surface area contributed by atoms with Gasteiger partial charge in [0.05, 0.1) is 0 Å². The van der Waals surface area contributed by atoms with Gasteiger partial charge in [-0.15, -0.1) is 0 Å². The monoisotopic (exact) mass is 393 g/mol.